The van der Waals surface area contributed by atoms with E-state index >= 15 is 0 Å². The molecular weight excluding hydrogens is 439 g/mol. The highest BCUT2D eigenvalue weighted by molar-refractivity contribution is 5.85. The molecule has 2 aromatic carbocycles. The maximum atomic E-state index is 12.4. The first kappa shape index (κ1) is 23.9. The van der Waals surface area contributed by atoms with Gasteiger partial charge in [-0.1, -0.05) is 36.9 Å². The van der Waals surface area contributed by atoms with Gasteiger partial charge in [0.2, 0.25) is 0 Å². The summed E-state index contributed by atoms with van der Waals surface area (Å²) in [5, 5.41) is 14.3. The van der Waals surface area contributed by atoms with Crippen molar-refractivity contribution in [2.45, 2.75) is 50.7 Å². The van der Waals surface area contributed by atoms with E-state index in [4.69, 9.17) is 0 Å². The summed E-state index contributed by atoms with van der Waals surface area (Å²) < 4.78 is 12.4. The van der Waals surface area contributed by atoms with Crippen molar-refractivity contribution in [2.24, 2.45) is 0 Å². The van der Waals surface area contributed by atoms with Gasteiger partial charge in [-0.3, -0.25) is 9.29 Å². The number of nitrogens with zero attached hydrogens (tertiary/aromatic N) is 2. The highest BCUT2D eigenvalue weighted by Crippen LogP contribution is 2.43. The van der Waals surface area contributed by atoms with E-state index < -0.39 is 0 Å². The number of aromatic amines is 1. The number of hydrogen-bond donors (Lipinski definition) is 3. The third-order valence-corrected chi connectivity index (χ3v) is 7.52. The maximum Gasteiger partial charge on any atom is 0.0947 e. The molecule has 2 atom stereocenters. The number of nitrogens with one attached hydrogen (secondary N) is 2. The van der Waals surface area contributed by atoms with E-state index in [9.17, 15) is 9.50 Å². The molecule has 0 aliphatic carbocycles. The topological polar surface area (TPSA) is 54.5 Å². The Morgan fingerprint density at radius 3 is 2.66 bits per heavy atom. The van der Waals surface area contributed by atoms with Crippen LogP contribution in [0.25, 0.3) is 10.9 Å². The lowest BCUT2D eigenvalue weighted by atomic mass is 9.87. The van der Waals surface area contributed by atoms with Gasteiger partial charge in [-0.25, -0.2) is 0 Å². The molecule has 5 nitrogen and oxygen atoms in total. The van der Waals surface area contributed by atoms with Crippen LogP contribution in [0.4, 0.5) is 10.1 Å². The first-order valence-corrected chi connectivity index (χ1v) is 12.9. The third-order valence-electron chi connectivity index (χ3n) is 7.52. The van der Waals surface area contributed by atoms with Crippen molar-refractivity contribution in [1.29, 1.82) is 0 Å². The molecule has 0 spiro atoms. The number of aromatic nitrogens is 1. The van der Waals surface area contributed by atoms with E-state index in [-0.39, 0.29) is 19.3 Å². The quantitative estimate of drug-likeness (QED) is 0.374. The summed E-state index contributed by atoms with van der Waals surface area (Å²) in [7, 11) is 0. The van der Waals surface area contributed by atoms with Crippen molar-refractivity contribution >= 4 is 16.6 Å². The van der Waals surface area contributed by atoms with Gasteiger partial charge in [-0.15, -0.1) is 0 Å². The summed E-state index contributed by atoms with van der Waals surface area (Å²) in [4.78, 5) is 8.48. The minimum Gasteiger partial charge on any atom is -0.396 e. The van der Waals surface area contributed by atoms with Crippen molar-refractivity contribution < 1.29 is 9.50 Å². The van der Waals surface area contributed by atoms with Crippen LogP contribution in [-0.2, 0) is 6.42 Å². The van der Waals surface area contributed by atoms with Crippen LogP contribution in [-0.4, -0.2) is 64.9 Å². The number of aliphatic hydroxyl groups is 1. The lowest BCUT2D eigenvalue weighted by molar-refractivity contribution is 0.155. The van der Waals surface area contributed by atoms with Gasteiger partial charge in [0.25, 0.3) is 0 Å². The van der Waals surface area contributed by atoms with Gasteiger partial charge in [0.15, 0.2) is 0 Å². The number of anilines is 1. The summed E-state index contributed by atoms with van der Waals surface area (Å²) in [6.45, 7) is 9.44. The van der Waals surface area contributed by atoms with Crippen LogP contribution in [0.1, 0.15) is 49.0 Å². The molecule has 35 heavy (non-hydrogen) atoms. The Morgan fingerprint density at radius 2 is 1.91 bits per heavy atom. The Balaban J connectivity index is 1.41. The normalized spacial score (nSPS) is 20.6. The average Bonchev–Trinajstić information content (AvgIpc) is 3.21. The fourth-order valence-electron chi connectivity index (χ4n) is 5.82. The van der Waals surface area contributed by atoms with E-state index in [1.165, 1.54) is 27.7 Å². The van der Waals surface area contributed by atoms with Crippen LogP contribution in [0.3, 0.4) is 0 Å². The Labute approximate surface area is 207 Å². The number of benzene rings is 2. The van der Waals surface area contributed by atoms with Gasteiger partial charge >= 0.3 is 0 Å². The number of rotatable bonds is 10. The van der Waals surface area contributed by atoms with Crippen LogP contribution < -0.4 is 5.32 Å². The van der Waals surface area contributed by atoms with E-state index in [2.05, 4.69) is 82.1 Å². The number of para-hydroxylation sites is 1. The van der Waals surface area contributed by atoms with Gasteiger partial charge in [-0.2, -0.15) is 0 Å². The van der Waals surface area contributed by atoms with Crippen molar-refractivity contribution in [3.05, 3.63) is 77.6 Å². The molecule has 0 amide bonds. The molecule has 1 saturated heterocycles. The molecule has 3 heterocycles. The molecule has 0 radical (unpaired) electrons. The number of hydrogen-bond acceptors (Lipinski definition) is 4. The third kappa shape index (κ3) is 4.82. The molecule has 0 bridgehead atoms. The molecule has 2 aliphatic rings. The zero-order valence-electron chi connectivity index (χ0n) is 20.6. The van der Waals surface area contributed by atoms with Crippen LogP contribution in [0.15, 0.2) is 60.8 Å². The zero-order chi connectivity index (χ0) is 24.4. The molecule has 1 aromatic heterocycles. The Hall–Kier alpha value is -2.83. The van der Waals surface area contributed by atoms with E-state index in [0.717, 1.165) is 50.3 Å². The highest BCUT2D eigenvalue weighted by atomic mass is 19.1. The lowest BCUT2D eigenvalue weighted by Crippen LogP contribution is -2.54. The van der Waals surface area contributed by atoms with Crippen LogP contribution in [0, 0.1) is 0 Å². The van der Waals surface area contributed by atoms with Gasteiger partial charge in [-0.05, 0) is 61.9 Å². The van der Waals surface area contributed by atoms with Crippen LogP contribution in [0.5, 0.6) is 0 Å². The monoisotopic (exact) mass is 476 g/mol. The predicted molar refractivity (Wildman–Crippen MR) is 141 cm³/mol. The van der Waals surface area contributed by atoms with Crippen LogP contribution >= 0.6 is 0 Å². The van der Waals surface area contributed by atoms with Crippen molar-refractivity contribution in [1.82, 2.24) is 14.8 Å². The fourth-order valence-corrected chi connectivity index (χ4v) is 5.82. The summed E-state index contributed by atoms with van der Waals surface area (Å²) >= 11 is 0. The SMILES string of the molecule is C=C(CCCO)N1[C@H](c2ccc(NC3CN(CCCF)C3)cc2)c2[nH]c3ccccc3c2C[C@H]1C. The Kier molecular flexibility index (Phi) is 7.12. The van der Waals surface area contributed by atoms with Crippen molar-refractivity contribution in [3.8, 4) is 0 Å². The van der Waals surface area contributed by atoms with Gasteiger partial charge in [0, 0.05) is 60.3 Å². The number of allylic oxidation sites excluding steroid dienone is 1. The largest absolute Gasteiger partial charge is 0.396 e. The minimum atomic E-state index is -0.239. The smallest absolute Gasteiger partial charge is 0.0947 e. The zero-order valence-corrected chi connectivity index (χ0v) is 20.6. The minimum absolute atomic E-state index is 0.0567. The summed E-state index contributed by atoms with van der Waals surface area (Å²) in [6.07, 6.45) is 3.10. The first-order chi connectivity index (χ1) is 17.1. The van der Waals surface area contributed by atoms with E-state index in [1.807, 2.05) is 0 Å². The van der Waals surface area contributed by atoms with Crippen LogP contribution in [0.2, 0.25) is 0 Å². The highest BCUT2D eigenvalue weighted by Gasteiger charge is 2.36. The first-order valence-electron chi connectivity index (χ1n) is 12.9. The second-order valence-electron chi connectivity index (χ2n) is 10.1. The second-order valence-corrected chi connectivity index (χ2v) is 10.1. The molecule has 6 heteroatoms. The predicted octanol–water partition coefficient (Wildman–Crippen LogP) is 5.25. The second kappa shape index (κ2) is 10.4. The number of fused-ring (bicyclic) bond motifs is 3. The molecule has 186 valence electrons. The van der Waals surface area contributed by atoms with Crippen molar-refractivity contribution in [2.75, 3.05) is 38.2 Å². The number of H-pyrrole nitrogens is 1. The fraction of sp³-hybridized carbons (Fsp3) is 0.448. The average molecular weight is 477 g/mol. The number of aliphatic hydroxyl groups excluding tert-OH is 1. The number of likely N-dealkylation sites (tertiary alicyclic amines) is 1. The Morgan fingerprint density at radius 1 is 1.14 bits per heavy atom. The van der Waals surface area contributed by atoms with E-state index in [1.54, 1.807) is 0 Å². The molecule has 3 aromatic rings. The summed E-state index contributed by atoms with van der Waals surface area (Å²) in [5.74, 6) is 0. The molecule has 3 N–H and O–H groups in total. The molecule has 2 aliphatic heterocycles. The van der Waals surface area contributed by atoms with Gasteiger partial charge < -0.3 is 20.3 Å². The molecule has 1 fully saturated rings. The molecule has 5 rings (SSSR count). The summed E-state index contributed by atoms with van der Waals surface area (Å²) in [5.41, 5.74) is 7.25. The molecule has 0 unspecified atom stereocenters. The van der Waals surface area contributed by atoms with E-state index in [0.29, 0.717) is 18.5 Å². The maximum absolute atomic E-state index is 12.4. The van der Waals surface area contributed by atoms with Crippen molar-refractivity contribution in [3.63, 3.8) is 0 Å². The van der Waals surface area contributed by atoms with Gasteiger partial charge in [0.1, 0.15) is 0 Å². The number of alkyl halides is 1. The summed E-state index contributed by atoms with van der Waals surface area (Å²) in [6, 6.07) is 18.2. The number of halogens is 1. The lowest BCUT2D eigenvalue weighted by Gasteiger charge is -2.44. The molecular formula is C29H37FN4O. The molecule has 0 saturated carbocycles. The standard InChI is InChI=1S/C29H37FN4O/c1-20(7-5-16-35)34-21(2)17-26-25-8-3-4-9-27(25)32-28(26)29(34)22-10-12-23(13-11-22)31-24-18-33(19-24)15-6-14-30/h3-4,8-13,21,24,29,31-32,35H,1,5-7,14-19H2,2H3/t21-,29-/m1/s1. The van der Waals surface area contributed by atoms with Gasteiger partial charge in [0.05, 0.1) is 18.8 Å². The Bertz CT molecular complexity index is 1150.